The van der Waals surface area contributed by atoms with E-state index in [1.54, 1.807) is 18.6 Å². The maximum absolute atomic E-state index is 12.9. The molecule has 0 aromatic carbocycles. The zero-order valence-electron chi connectivity index (χ0n) is 15.2. The summed E-state index contributed by atoms with van der Waals surface area (Å²) < 4.78 is 0. The second-order valence-electron chi connectivity index (χ2n) is 6.87. The van der Waals surface area contributed by atoms with Gasteiger partial charge in [0.2, 0.25) is 0 Å². The molecule has 3 aromatic rings. The summed E-state index contributed by atoms with van der Waals surface area (Å²) in [6, 6.07) is 9.72. The average molecular weight is 359 g/mol. The maximum atomic E-state index is 12.9. The summed E-state index contributed by atoms with van der Waals surface area (Å²) in [6.45, 7) is 3.37. The number of carbonyl (C=O) groups is 1. The lowest BCUT2D eigenvalue weighted by atomic mass is 10.0. The predicted octanol–water partition coefficient (Wildman–Crippen LogP) is 2.95. The molecule has 1 aliphatic heterocycles. The molecule has 0 saturated carbocycles. The Balaban J connectivity index is 1.45. The van der Waals surface area contributed by atoms with Gasteiger partial charge in [-0.2, -0.15) is 0 Å². The first-order chi connectivity index (χ1) is 13.2. The molecular weight excluding hydrogens is 338 g/mol. The van der Waals surface area contributed by atoms with E-state index < -0.39 is 0 Å². The highest BCUT2D eigenvalue weighted by atomic mass is 16.2. The highest BCUT2D eigenvalue weighted by Gasteiger charge is 2.28. The minimum atomic E-state index is 0.00811. The number of likely N-dealkylation sites (tertiary alicyclic amines) is 1. The first-order valence-corrected chi connectivity index (χ1v) is 9.14. The lowest BCUT2D eigenvalue weighted by Crippen LogP contribution is -2.30. The van der Waals surface area contributed by atoms with Gasteiger partial charge in [0, 0.05) is 49.1 Å². The van der Waals surface area contributed by atoms with E-state index in [1.165, 1.54) is 0 Å². The van der Waals surface area contributed by atoms with Gasteiger partial charge in [0.15, 0.2) is 5.82 Å². The number of hydrogen-bond donors (Lipinski definition) is 0. The van der Waals surface area contributed by atoms with Crippen LogP contribution in [-0.4, -0.2) is 43.8 Å². The summed E-state index contributed by atoms with van der Waals surface area (Å²) >= 11 is 0. The standard InChI is InChI=1S/C21H21N5O/c1-15-19(13-24-20(25-15)17-5-4-8-22-12-17)21(27)26-10-7-16(14-26)11-18-6-2-3-9-23-18/h2-6,8-9,12-13,16H,7,10-11,14H2,1H3. The molecule has 0 N–H and O–H groups in total. The highest BCUT2D eigenvalue weighted by Crippen LogP contribution is 2.23. The summed E-state index contributed by atoms with van der Waals surface area (Å²) in [5.74, 6) is 1.04. The number of amides is 1. The van der Waals surface area contributed by atoms with Crippen molar-refractivity contribution in [2.45, 2.75) is 19.8 Å². The molecule has 0 radical (unpaired) electrons. The molecule has 1 saturated heterocycles. The minimum absolute atomic E-state index is 0.00811. The fourth-order valence-corrected chi connectivity index (χ4v) is 3.48. The Kier molecular flexibility index (Phi) is 4.87. The number of aromatic nitrogens is 4. The van der Waals surface area contributed by atoms with Crippen LogP contribution in [0.5, 0.6) is 0 Å². The second kappa shape index (κ2) is 7.61. The number of rotatable bonds is 4. The fraction of sp³-hybridized carbons (Fsp3) is 0.286. The van der Waals surface area contributed by atoms with E-state index in [4.69, 9.17) is 0 Å². The molecule has 0 aliphatic carbocycles. The van der Waals surface area contributed by atoms with Gasteiger partial charge >= 0.3 is 0 Å². The van der Waals surface area contributed by atoms with Crippen molar-refractivity contribution >= 4 is 5.91 Å². The van der Waals surface area contributed by atoms with Crippen molar-refractivity contribution in [3.8, 4) is 11.4 Å². The van der Waals surface area contributed by atoms with E-state index in [2.05, 4.69) is 19.9 Å². The Morgan fingerprint density at radius 1 is 1.15 bits per heavy atom. The van der Waals surface area contributed by atoms with E-state index in [0.717, 1.165) is 37.2 Å². The summed E-state index contributed by atoms with van der Waals surface area (Å²) in [4.78, 5) is 32.2. The van der Waals surface area contributed by atoms with Crippen LogP contribution < -0.4 is 0 Å². The lowest BCUT2D eigenvalue weighted by molar-refractivity contribution is 0.0785. The van der Waals surface area contributed by atoms with Crippen LogP contribution in [0.15, 0.2) is 55.1 Å². The third-order valence-corrected chi connectivity index (χ3v) is 4.93. The molecule has 1 fully saturated rings. The SMILES string of the molecule is Cc1nc(-c2cccnc2)ncc1C(=O)N1CCC(Cc2ccccn2)C1. The number of carbonyl (C=O) groups excluding carboxylic acids is 1. The molecule has 0 spiro atoms. The molecule has 4 heterocycles. The van der Waals surface area contributed by atoms with E-state index in [9.17, 15) is 4.79 Å². The maximum Gasteiger partial charge on any atom is 0.257 e. The Morgan fingerprint density at radius 2 is 2.07 bits per heavy atom. The van der Waals surface area contributed by atoms with Gasteiger partial charge in [0.05, 0.1) is 11.3 Å². The lowest BCUT2D eigenvalue weighted by Gasteiger charge is -2.17. The largest absolute Gasteiger partial charge is 0.338 e. The third-order valence-electron chi connectivity index (χ3n) is 4.93. The minimum Gasteiger partial charge on any atom is -0.338 e. The molecule has 1 unspecified atom stereocenters. The second-order valence-corrected chi connectivity index (χ2v) is 6.87. The molecule has 3 aromatic heterocycles. The molecule has 136 valence electrons. The van der Waals surface area contributed by atoms with Gasteiger partial charge < -0.3 is 4.90 Å². The molecule has 27 heavy (non-hydrogen) atoms. The Hall–Kier alpha value is -3.15. The molecule has 0 bridgehead atoms. The topological polar surface area (TPSA) is 71.9 Å². The molecule has 1 aliphatic rings. The quantitative estimate of drug-likeness (QED) is 0.716. The van der Waals surface area contributed by atoms with Crippen LogP contribution in [0.1, 0.15) is 28.2 Å². The van der Waals surface area contributed by atoms with Gasteiger partial charge in [-0.3, -0.25) is 14.8 Å². The monoisotopic (exact) mass is 359 g/mol. The van der Waals surface area contributed by atoms with E-state index in [1.807, 2.05) is 48.4 Å². The molecule has 4 rings (SSSR count). The molecule has 1 atom stereocenters. The van der Waals surface area contributed by atoms with Gasteiger partial charge in [-0.1, -0.05) is 6.07 Å². The van der Waals surface area contributed by atoms with Crippen molar-refractivity contribution in [1.29, 1.82) is 0 Å². The number of nitrogens with zero attached hydrogens (tertiary/aromatic N) is 5. The van der Waals surface area contributed by atoms with Crippen molar-refractivity contribution < 1.29 is 4.79 Å². The van der Waals surface area contributed by atoms with E-state index in [-0.39, 0.29) is 5.91 Å². The molecule has 6 heteroatoms. The summed E-state index contributed by atoms with van der Waals surface area (Å²) in [6.07, 6.45) is 8.79. The van der Waals surface area contributed by atoms with Crippen molar-refractivity contribution in [2.75, 3.05) is 13.1 Å². The van der Waals surface area contributed by atoms with Gasteiger partial charge in [-0.25, -0.2) is 9.97 Å². The molecular formula is C21H21N5O. The summed E-state index contributed by atoms with van der Waals surface area (Å²) in [5.41, 5.74) is 3.19. The van der Waals surface area contributed by atoms with Crippen LogP contribution in [0.4, 0.5) is 0 Å². The zero-order chi connectivity index (χ0) is 18.6. The number of aryl methyl sites for hydroxylation is 1. The van der Waals surface area contributed by atoms with Crippen LogP contribution in [0, 0.1) is 12.8 Å². The van der Waals surface area contributed by atoms with Crippen LogP contribution >= 0.6 is 0 Å². The Labute approximate surface area is 158 Å². The van der Waals surface area contributed by atoms with Gasteiger partial charge in [-0.05, 0) is 49.9 Å². The van der Waals surface area contributed by atoms with Crippen LogP contribution in [0.25, 0.3) is 11.4 Å². The number of pyridine rings is 2. The van der Waals surface area contributed by atoms with Crippen molar-refractivity contribution in [2.24, 2.45) is 5.92 Å². The Morgan fingerprint density at radius 3 is 2.81 bits per heavy atom. The van der Waals surface area contributed by atoms with Gasteiger partial charge in [0.1, 0.15) is 0 Å². The van der Waals surface area contributed by atoms with Crippen molar-refractivity contribution in [3.05, 3.63) is 72.1 Å². The van der Waals surface area contributed by atoms with Gasteiger partial charge in [-0.15, -0.1) is 0 Å². The predicted molar refractivity (Wildman–Crippen MR) is 102 cm³/mol. The van der Waals surface area contributed by atoms with E-state index >= 15 is 0 Å². The summed E-state index contributed by atoms with van der Waals surface area (Å²) in [5, 5.41) is 0. The number of hydrogen-bond acceptors (Lipinski definition) is 5. The van der Waals surface area contributed by atoms with Gasteiger partial charge in [0.25, 0.3) is 5.91 Å². The first-order valence-electron chi connectivity index (χ1n) is 9.14. The third kappa shape index (κ3) is 3.84. The fourth-order valence-electron chi connectivity index (χ4n) is 3.48. The Bertz CT molecular complexity index is 930. The average Bonchev–Trinajstić information content (AvgIpc) is 3.17. The van der Waals surface area contributed by atoms with Crippen LogP contribution in [0.2, 0.25) is 0 Å². The smallest absolute Gasteiger partial charge is 0.257 e. The summed E-state index contributed by atoms with van der Waals surface area (Å²) in [7, 11) is 0. The zero-order valence-corrected chi connectivity index (χ0v) is 15.2. The first kappa shape index (κ1) is 17.3. The highest BCUT2D eigenvalue weighted by molar-refractivity contribution is 5.95. The normalized spacial score (nSPS) is 16.5. The molecule has 1 amide bonds. The van der Waals surface area contributed by atoms with Crippen molar-refractivity contribution in [3.63, 3.8) is 0 Å². The van der Waals surface area contributed by atoms with Crippen LogP contribution in [0.3, 0.4) is 0 Å². The van der Waals surface area contributed by atoms with Crippen molar-refractivity contribution in [1.82, 2.24) is 24.8 Å². The van der Waals surface area contributed by atoms with E-state index in [0.29, 0.717) is 23.0 Å². The van der Waals surface area contributed by atoms with Crippen LogP contribution in [-0.2, 0) is 6.42 Å². The molecule has 6 nitrogen and oxygen atoms in total.